The molecule has 1 aliphatic rings. The number of benzene rings is 2. The van der Waals surface area contributed by atoms with E-state index in [-0.39, 0.29) is 16.6 Å². The number of hydrogen-bond acceptors (Lipinski definition) is 4. The molecule has 0 aliphatic carbocycles. The van der Waals surface area contributed by atoms with E-state index in [9.17, 15) is 17.6 Å². The molecule has 1 aliphatic heterocycles. The fraction of sp³-hybridized carbons (Fsp3) is 0.316. The summed E-state index contributed by atoms with van der Waals surface area (Å²) in [7, 11) is -2.37. The molecule has 0 spiro atoms. The average Bonchev–Trinajstić information content (AvgIpc) is 3.07. The molecule has 0 bridgehead atoms. The molecule has 1 N–H and O–H groups in total. The number of halogens is 1. The van der Waals surface area contributed by atoms with Gasteiger partial charge in [-0.1, -0.05) is 12.1 Å². The number of rotatable bonds is 6. The van der Waals surface area contributed by atoms with Crippen molar-refractivity contribution in [3.63, 3.8) is 0 Å². The average molecular weight is 392 g/mol. The Morgan fingerprint density at radius 1 is 1.19 bits per heavy atom. The molecule has 1 fully saturated rings. The third-order valence-electron chi connectivity index (χ3n) is 4.53. The van der Waals surface area contributed by atoms with Crippen LogP contribution in [0.15, 0.2) is 47.4 Å². The Balaban J connectivity index is 1.89. The first-order valence-electron chi connectivity index (χ1n) is 8.58. The Morgan fingerprint density at radius 3 is 2.48 bits per heavy atom. The van der Waals surface area contributed by atoms with Crippen LogP contribution in [0.1, 0.15) is 31.4 Å². The third-order valence-corrected chi connectivity index (χ3v) is 6.07. The van der Waals surface area contributed by atoms with Gasteiger partial charge >= 0.3 is 0 Å². The Morgan fingerprint density at radius 2 is 1.89 bits per heavy atom. The molecule has 144 valence electrons. The van der Waals surface area contributed by atoms with Crippen LogP contribution < -0.4 is 14.4 Å². The molecule has 3 rings (SSSR count). The fourth-order valence-corrected chi connectivity index (χ4v) is 4.32. The van der Waals surface area contributed by atoms with Crippen LogP contribution in [-0.4, -0.2) is 28.0 Å². The van der Waals surface area contributed by atoms with Crippen LogP contribution in [0.5, 0.6) is 5.75 Å². The van der Waals surface area contributed by atoms with Crippen LogP contribution in [0.2, 0.25) is 0 Å². The smallest absolute Gasteiger partial charge is 0.241 e. The summed E-state index contributed by atoms with van der Waals surface area (Å²) in [4.78, 5) is 13.6. The summed E-state index contributed by atoms with van der Waals surface area (Å²) in [5, 5.41) is 0. The van der Waals surface area contributed by atoms with Gasteiger partial charge in [-0.05, 0) is 49.2 Å². The number of nitrogens with zero attached hydrogens (tertiary/aromatic N) is 1. The van der Waals surface area contributed by atoms with Crippen molar-refractivity contribution in [1.82, 2.24) is 4.72 Å². The van der Waals surface area contributed by atoms with E-state index >= 15 is 0 Å². The largest absolute Gasteiger partial charge is 0.495 e. The van der Waals surface area contributed by atoms with Crippen molar-refractivity contribution in [3.05, 3.63) is 53.8 Å². The Bertz CT molecular complexity index is 945. The van der Waals surface area contributed by atoms with E-state index in [1.807, 2.05) is 0 Å². The highest BCUT2D eigenvalue weighted by molar-refractivity contribution is 7.89. The summed E-state index contributed by atoms with van der Waals surface area (Å²) in [5.74, 6) is -0.00449. The number of carbonyl (C=O) groups excluding carboxylic acids is 1. The molecule has 0 saturated carbocycles. The molecule has 1 heterocycles. The normalized spacial score (nSPS) is 15.8. The zero-order valence-electron chi connectivity index (χ0n) is 15.1. The number of sulfonamides is 1. The summed E-state index contributed by atoms with van der Waals surface area (Å²) >= 11 is 0. The summed E-state index contributed by atoms with van der Waals surface area (Å²) in [6, 6.07) is 9.50. The zero-order valence-corrected chi connectivity index (χ0v) is 15.9. The van der Waals surface area contributed by atoms with Gasteiger partial charge in [-0.15, -0.1) is 0 Å². The molecule has 6 nitrogen and oxygen atoms in total. The summed E-state index contributed by atoms with van der Waals surface area (Å²) < 4.78 is 46.5. The standard InChI is InChI=1S/C19H21FN2O4S/c1-13(14-5-7-15(20)8-6-14)21-27(24,25)16-9-10-18(26-2)17(12-16)22-11-3-4-19(22)23/h5-10,12-13,21H,3-4,11H2,1-2H3/t13-/m1/s1. The maximum atomic E-state index is 13.1. The molecule has 1 amide bonds. The molecule has 2 aromatic rings. The lowest BCUT2D eigenvalue weighted by atomic mass is 10.1. The maximum Gasteiger partial charge on any atom is 0.241 e. The predicted molar refractivity (Wildman–Crippen MR) is 99.7 cm³/mol. The lowest BCUT2D eigenvalue weighted by molar-refractivity contribution is -0.117. The van der Waals surface area contributed by atoms with Gasteiger partial charge in [0, 0.05) is 19.0 Å². The van der Waals surface area contributed by atoms with Gasteiger partial charge in [-0.2, -0.15) is 0 Å². The van der Waals surface area contributed by atoms with Crippen molar-refractivity contribution in [2.75, 3.05) is 18.6 Å². The summed E-state index contributed by atoms with van der Waals surface area (Å²) in [6.07, 6.45) is 1.15. The molecule has 1 saturated heterocycles. The maximum absolute atomic E-state index is 13.1. The Hall–Kier alpha value is -2.45. The van der Waals surface area contributed by atoms with Crippen LogP contribution in [-0.2, 0) is 14.8 Å². The molecule has 0 aromatic heterocycles. The highest BCUT2D eigenvalue weighted by atomic mass is 32.2. The molecule has 0 unspecified atom stereocenters. The van der Waals surface area contributed by atoms with Gasteiger partial charge in [0.15, 0.2) is 0 Å². The van der Waals surface area contributed by atoms with Crippen molar-refractivity contribution >= 4 is 21.6 Å². The highest BCUT2D eigenvalue weighted by Gasteiger charge is 2.27. The zero-order chi connectivity index (χ0) is 19.6. The predicted octanol–water partition coefficient (Wildman–Crippen LogP) is 3.00. The minimum Gasteiger partial charge on any atom is -0.495 e. The van der Waals surface area contributed by atoms with Crippen molar-refractivity contribution in [1.29, 1.82) is 0 Å². The second-order valence-electron chi connectivity index (χ2n) is 6.38. The number of ether oxygens (including phenoxy) is 1. The highest BCUT2D eigenvalue weighted by Crippen LogP contribution is 2.34. The van der Waals surface area contributed by atoms with E-state index < -0.39 is 16.1 Å². The van der Waals surface area contributed by atoms with Crippen molar-refractivity contribution < 1.29 is 22.3 Å². The van der Waals surface area contributed by atoms with E-state index in [0.717, 1.165) is 6.42 Å². The molecule has 27 heavy (non-hydrogen) atoms. The topological polar surface area (TPSA) is 75.7 Å². The van der Waals surface area contributed by atoms with E-state index in [1.54, 1.807) is 11.8 Å². The molecular weight excluding hydrogens is 371 g/mol. The van der Waals surface area contributed by atoms with Crippen LogP contribution in [0, 0.1) is 5.82 Å². The minimum atomic E-state index is -3.85. The number of methoxy groups -OCH3 is 1. The second kappa shape index (κ2) is 7.66. The van der Waals surface area contributed by atoms with Gasteiger partial charge in [0.25, 0.3) is 0 Å². The molecular formula is C19H21FN2O4S. The monoisotopic (exact) mass is 392 g/mol. The summed E-state index contributed by atoms with van der Waals surface area (Å²) in [5.41, 5.74) is 1.08. The van der Waals surface area contributed by atoms with E-state index in [4.69, 9.17) is 4.74 Å². The number of nitrogens with one attached hydrogen (secondary N) is 1. The van der Waals surface area contributed by atoms with Crippen LogP contribution >= 0.6 is 0 Å². The van der Waals surface area contributed by atoms with Gasteiger partial charge in [0.1, 0.15) is 11.6 Å². The number of anilines is 1. The van der Waals surface area contributed by atoms with E-state index in [2.05, 4.69) is 4.72 Å². The van der Waals surface area contributed by atoms with Gasteiger partial charge in [-0.3, -0.25) is 4.79 Å². The molecule has 2 aromatic carbocycles. The number of hydrogen-bond donors (Lipinski definition) is 1. The van der Waals surface area contributed by atoms with Crippen molar-refractivity contribution in [3.8, 4) is 5.75 Å². The Labute approximate surface area is 158 Å². The third kappa shape index (κ3) is 4.12. The fourth-order valence-electron chi connectivity index (χ4n) is 3.07. The van der Waals surface area contributed by atoms with Gasteiger partial charge in [-0.25, -0.2) is 17.5 Å². The van der Waals surface area contributed by atoms with Gasteiger partial charge in [0.05, 0.1) is 17.7 Å². The number of amides is 1. The minimum absolute atomic E-state index is 0.0342. The van der Waals surface area contributed by atoms with Crippen molar-refractivity contribution in [2.24, 2.45) is 0 Å². The quantitative estimate of drug-likeness (QED) is 0.820. The second-order valence-corrected chi connectivity index (χ2v) is 8.09. The Kier molecular flexibility index (Phi) is 5.48. The first-order chi connectivity index (χ1) is 12.8. The first-order valence-corrected chi connectivity index (χ1v) is 10.1. The SMILES string of the molecule is COc1ccc(S(=O)(=O)N[C@H](C)c2ccc(F)cc2)cc1N1CCCC1=O. The van der Waals surface area contributed by atoms with Crippen LogP contribution in [0.4, 0.5) is 10.1 Å². The van der Waals surface area contributed by atoms with E-state index in [1.165, 1.54) is 49.6 Å². The lowest BCUT2D eigenvalue weighted by Gasteiger charge is -2.21. The molecule has 0 radical (unpaired) electrons. The number of carbonyl (C=O) groups is 1. The molecule has 8 heteroatoms. The van der Waals surface area contributed by atoms with Crippen LogP contribution in [0.3, 0.4) is 0 Å². The lowest BCUT2D eigenvalue weighted by Crippen LogP contribution is -2.28. The summed E-state index contributed by atoms with van der Waals surface area (Å²) in [6.45, 7) is 2.21. The van der Waals surface area contributed by atoms with Crippen molar-refractivity contribution in [2.45, 2.75) is 30.7 Å². The van der Waals surface area contributed by atoms with E-state index in [0.29, 0.717) is 30.0 Å². The van der Waals surface area contributed by atoms with Gasteiger partial charge in [0.2, 0.25) is 15.9 Å². The molecule has 1 atom stereocenters. The van der Waals surface area contributed by atoms with Gasteiger partial charge < -0.3 is 9.64 Å². The van der Waals surface area contributed by atoms with Crippen LogP contribution in [0.25, 0.3) is 0 Å². The first kappa shape index (κ1) is 19.3.